The Morgan fingerprint density at radius 1 is 1.53 bits per heavy atom. The van der Waals surface area contributed by atoms with Crippen LogP contribution >= 0.6 is 15.9 Å². The topological polar surface area (TPSA) is 49.4 Å². The Morgan fingerprint density at radius 2 is 2.26 bits per heavy atom. The highest BCUT2D eigenvalue weighted by atomic mass is 79.9. The molecule has 0 bridgehead atoms. The van der Waals surface area contributed by atoms with Gasteiger partial charge in [0.25, 0.3) is 0 Å². The number of anilines is 1. The first-order chi connectivity index (χ1) is 9.04. The van der Waals surface area contributed by atoms with Gasteiger partial charge in [-0.25, -0.2) is 0 Å². The summed E-state index contributed by atoms with van der Waals surface area (Å²) in [4.78, 5) is 25.9. The maximum absolute atomic E-state index is 12.3. The second kappa shape index (κ2) is 5.74. The predicted octanol–water partition coefficient (Wildman–Crippen LogP) is 2.25. The minimum Gasteiger partial charge on any atom is -0.356 e. The van der Waals surface area contributed by atoms with Crippen molar-refractivity contribution in [3.63, 3.8) is 0 Å². The fourth-order valence-electron chi connectivity index (χ4n) is 2.33. The van der Waals surface area contributed by atoms with E-state index in [9.17, 15) is 9.59 Å². The van der Waals surface area contributed by atoms with Crippen molar-refractivity contribution in [2.45, 2.75) is 20.3 Å². The minimum absolute atomic E-state index is 0.104. The average molecular weight is 325 g/mol. The molecule has 0 aliphatic carbocycles. The molecule has 0 radical (unpaired) electrons. The van der Waals surface area contributed by atoms with Gasteiger partial charge in [-0.15, -0.1) is 0 Å². The molecule has 1 fully saturated rings. The van der Waals surface area contributed by atoms with Crippen molar-refractivity contribution in [2.75, 3.05) is 18.0 Å². The highest BCUT2D eigenvalue weighted by Gasteiger charge is 2.37. The van der Waals surface area contributed by atoms with Gasteiger partial charge in [0.2, 0.25) is 11.8 Å². The van der Waals surface area contributed by atoms with Crippen LogP contribution < -0.4 is 10.2 Å². The smallest absolute Gasteiger partial charge is 0.239 e. The molecule has 102 valence electrons. The highest BCUT2D eigenvalue weighted by molar-refractivity contribution is 9.10. The summed E-state index contributed by atoms with van der Waals surface area (Å²) in [7, 11) is 0. The molecule has 2 rings (SSSR count). The summed E-state index contributed by atoms with van der Waals surface area (Å²) in [6.07, 6.45) is 0.580. The number of carbonyl (C=O) groups excluding carboxylic acids is 2. The van der Waals surface area contributed by atoms with E-state index >= 15 is 0 Å². The van der Waals surface area contributed by atoms with Crippen LogP contribution in [0, 0.1) is 12.8 Å². The molecule has 1 aromatic carbocycles. The standard InChI is InChI=1S/C14H17BrN2O2/c1-3-16-13(18)11-6-7-17(14(11)19)12-8-10(15)5-4-9(12)2/h4-5,8,11H,3,6-7H2,1-2H3,(H,16,18). The molecular weight excluding hydrogens is 308 g/mol. The van der Waals surface area contributed by atoms with Gasteiger partial charge in [0.1, 0.15) is 5.92 Å². The molecule has 19 heavy (non-hydrogen) atoms. The number of amides is 2. The van der Waals surface area contributed by atoms with Gasteiger partial charge in [-0.3, -0.25) is 9.59 Å². The predicted molar refractivity (Wildman–Crippen MR) is 78.0 cm³/mol. The molecule has 4 nitrogen and oxygen atoms in total. The van der Waals surface area contributed by atoms with E-state index in [4.69, 9.17) is 0 Å². The lowest BCUT2D eigenvalue weighted by Gasteiger charge is -2.19. The van der Waals surface area contributed by atoms with Crippen LogP contribution in [0.25, 0.3) is 0 Å². The van der Waals surface area contributed by atoms with Crippen LogP contribution in [0.3, 0.4) is 0 Å². The van der Waals surface area contributed by atoms with Gasteiger partial charge in [0.05, 0.1) is 0 Å². The van der Waals surface area contributed by atoms with E-state index in [0.717, 1.165) is 15.7 Å². The molecule has 1 aliphatic heterocycles. The number of hydrogen-bond donors (Lipinski definition) is 1. The fourth-order valence-corrected chi connectivity index (χ4v) is 2.68. The normalized spacial score (nSPS) is 18.8. The maximum Gasteiger partial charge on any atom is 0.239 e. The molecule has 1 atom stereocenters. The van der Waals surface area contributed by atoms with Crippen molar-refractivity contribution in [1.29, 1.82) is 0 Å². The second-order valence-corrected chi connectivity index (χ2v) is 5.57. The minimum atomic E-state index is -0.543. The van der Waals surface area contributed by atoms with E-state index in [1.54, 1.807) is 4.90 Å². The zero-order chi connectivity index (χ0) is 14.0. The van der Waals surface area contributed by atoms with Crippen molar-refractivity contribution in [3.8, 4) is 0 Å². The Labute approximate surface area is 121 Å². The van der Waals surface area contributed by atoms with Crippen LogP contribution in [0.1, 0.15) is 18.9 Å². The molecule has 1 N–H and O–H groups in total. The quantitative estimate of drug-likeness (QED) is 0.867. The maximum atomic E-state index is 12.3. The van der Waals surface area contributed by atoms with Gasteiger partial charge in [-0.05, 0) is 38.0 Å². The van der Waals surface area contributed by atoms with Crippen LogP contribution in [0.15, 0.2) is 22.7 Å². The number of aryl methyl sites for hydroxylation is 1. The van der Waals surface area contributed by atoms with Crippen molar-refractivity contribution >= 4 is 33.4 Å². The number of benzene rings is 1. The van der Waals surface area contributed by atoms with E-state index < -0.39 is 5.92 Å². The van der Waals surface area contributed by atoms with Crippen LogP contribution in [0.5, 0.6) is 0 Å². The number of carbonyl (C=O) groups is 2. The molecule has 0 spiro atoms. The molecule has 2 amide bonds. The molecule has 1 saturated heterocycles. The van der Waals surface area contributed by atoms with Crippen molar-refractivity contribution in [2.24, 2.45) is 5.92 Å². The van der Waals surface area contributed by atoms with E-state index in [1.807, 2.05) is 32.0 Å². The van der Waals surface area contributed by atoms with Crippen molar-refractivity contribution < 1.29 is 9.59 Å². The lowest BCUT2D eigenvalue weighted by atomic mass is 10.1. The zero-order valence-electron chi connectivity index (χ0n) is 11.1. The van der Waals surface area contributed by atoms with Gasteiger partial charge in [-0.2, -0.15) is 0 Å². The van der Waals surface area contributed by atoms with Gasteiger partial charge < -0.3 is 10.2 Å². The summed E-state index contributed by atoms with van der Waals surface area (Å²) in [6.45, 7) is 4.97. The molecule has 1 unspecified atom stereocenters. The number of nitrogens with zero attached hydrogens (tertiary/aromatic N) is 1. The first-order valence-electron chi connectivity index (χ1n) is 6.39. The van der Waals surface area contributed by atoms with E-state index in [0.29, 0.717) is 19.5 Å². The van der Waals surface area contributed by atoms with Crippen molar-refractivity contribution in [3.05, 3.63) is 28.2 Å². The monoisotopic (exact) mass is 324 g/mol. The fraction of sp³-hybridized carbons (Fsp3) is 0.429. The SMILES string of the molecule is CCNC(=O)C1CCN(c2cc(Br)ccc2C)C1=O. The Balaban J connectivity index is 2.22. The number of nitrogens with one attached hydrogen (secondary N) is 1. The molecule has 1 aromatic rings. The molecule has 1 aliphatic rings. The third kappa shape index (κ3) is 2.81. The third-order valence-corrected chi connectivity index (χ3v) is 3.83. The Morgan fingerprint density at radius 3 is 2.95 bits per heavy atom. The van der Waals surface area contributed by atoms with Gasteiger partial charge in [-0.1, -0.05) is 22.0 Å². The first-order valence-corrected chi connectivity index (χ1v) is 7.19. The van der Waals surface area contributed by atoms with E-state index in [2.05, 4.69) is 21.2 Å². The Hall–Kier alpha value is -1.36. The van der Waals surface area contributed by atoms with E-state index in [-0.39, 0.29) is 11.8 Å². The summed E-state index contributed by atoms with van der Waals surface area (Å²) < 4.78 is 0.933. The number of hydrogen-bond acceptors (Lipinski definition) is 2. The van der Waals surface area contributed by atoms with Crippen LogP contribution in [0.4, 0.5) is 5.69 Å². The van der Waals surface area contributed by atoms with Crippen molar-refractivity contribution in [1.82, 2.24) is 5.32 Å². The van der Waals surface area contributed by atoms with Gasteiger partial charge in [0.15, 0.2) is 0 Å². The zero-order valence-corrected chi connectivity index (χ0v) is 12.7. The highest BCUT2D eigenvalue weighted by Crippen LogP contribution is 2.30. The lowest BCUT2D eigenvalue weighted by Crippen LogP contribution is -2.36. The molecule has 0 saturated carbocycles. The largest absolute Gasteiger partial charge is 0.356 e. The van der Waals surface area contributed by atoms with Gasteiger partial charge in [0, 0.05) is 23.2 Å². The summed E-state index contributed by atoms with van der Waals surface area (Å²) in [5, 5.41) is 2.72. The van der Waals surface area contributed by atoms with Crippen LogP contribution in [-0.2, 0) is 9.59 Å². The molecule has 5 heteroatoms. The Bertz CT molecular complexity index is 516. The molecule has 1 heterocycles. The molecule has 0 aromatic heterocycles. The summed E-state index contributed by atoms with van der Waals surface area (Å²) in [6, 6.07) is 5.83. The summed E-state index contributed by atoms with van der Waals surface area (Å²) >= 11 is 3.41. The van der Waals surface area contributed by atoms with Crippen LogP contribution in [0.2, 0.25) is 0 Å². The second-order valence-electron chi connectivity index (χ2n) is 4.66. The van der Waals surface area contributed by atoms with E-state index in [1.165, 1.54) is 0 Å². The third-order valence-electron chi connectivity index (χ3n) is 3.33. The number of halogens is 1. The Kier molecular flexibility index (Phi) is 4.24. The first kappa shape index (κ1) is 14.1. The van der Waals surface area contributed by atoms with Gasteiger partial charge >= 0.3 is 0 Å². The average Bonchev–Trinajstić information content (AvgIpc) is 2.74. The number of rotatable bonds is 3. The summed E-state index contributed by atoms with van der Waals surface area (Å²) in [5.41, 5.74) is 1.92. The lowest BCUT2D eigenvalue weighted by molar-refractivity contribution is -0.132. The van der Waals surface area contributed by atoms with Crippen LogP contribution in [-0.4, -0.2) is 24.9 Å². The summed E-state index contributed by atoms with van der Waals surface area (Å²) in [5.74, 6) is -0.812. The molecular formula is C14H17BrN2O2.